The van der Waals surface area contributed by atoms with Gasteiger partial charge in [0.25, 0.3) is 0 Å². The van der Waals surface area contributed by atoms with Gasteiger partial charge in [0.05, 0.1) is 11.3 Å². The number of rotatable bonds is 5. The van der Waals surface area contributed by atoms with E-state index in [1.165, 1.54) is 16.7 Å². The molecule has 1 aromatic heterocycles. The topological polar surface area (TPSA) is 38.9 Å². The molecular formula is C18H17BrN2OS. The fourth-order valence-electron chi connectivity index (χ4n) is 2.26. The summed E-state index contributed by atoms with van der Waals surface area (Å²) in [7, 11) is 0. The van der Waals surface area contributed by atoms with Crippen LogP contribution in [0.1, 0.15) is 22.6 Å². The second-order valence-electron chi connectivity index (χ2n) is 5.40. The smallest absolute Gasteiger partial charge is 0.248 e. The van der Waals surface area contributed by atoms with Crippen molar-refractivity contribution in [3.8, 4) is 11.5 Å². The van der Waals surface area contributed by atoms with E-state index in [0.717, 1.165) is 15.8 Å². The molecule has 0 saturated heterocycles. The first kappa shape index (κ1) is 16.3. The van der Waals surface area contributed by atoms with Gasteiger partial charge in [0.15, 0.2) is 0 Å². The van der Waals surface area contributed by atoms with E-state index >= 15 is 0 Å². The maximum Gasteiger partial charge on any atom is 0.248 e. The Labute approximate surface area is 148 Å². The van der Waals surface area contributed by atoms with Crippen molar-refractivity contribution in [2.45, 2.75) is 25.4 Å². The van der Waals surface area contributed by atoms with Crippen molar-refractivity contribution < 1.29 is 4.42 Å². The molecule has 1 heterocycles. The Bertz CT molecular complexity index is 816. The van der Waals surface area contributed by atoms with Gasteiger partial charge in [0.1, 0.15) is 0 Å². The number of aromatic nitrogens is 2. The lowest BCUT2D eigenvalue weighted by molar-refractivity contribution is 0.528. The van der Waals surface area contributed by atoms with Gasteiger partial charge in [-0.1, -0.05) is 35.9 Å². The van der Waals surface area contributed by atoms with Crippen LogP contribution in [0.25, 0.3) is 11.5 Å². The molecule has 0 aliphatic rings. The Hall–Kier alpha value is -1.59. The third kappa shape index (κ3) is 4.03. The number of benzene rings is 2. The average Bonchev–Trinajstić information content (AvgIpc) is 3.00. The van der Waals surface area contributed by atoms with E-state index in [-0.39, 0.29) is 0 Å². The Kier molecular flexibility index (Phi) is 5.18. The van der Waals surface area contributed by atoms with E-state index in [2.05, 4.69) is 58.2 Å². The van der Waals surface area contributed by atoms with Gasteiger partial charge in [0, 0.05) is 10.2 Å². The summed E-state index contributed by atoms with van der Waals surface area (Å²) >= 11 is 5.29. The maximum atomic E-state index is 5.77. The van der Waals surface area contributed by atoms with E-state index < -0.39 is 0 Å². The van der Waals surface area contributed by atoms with Crippen LogP contribution in [0.3, 0.4) is 0 Å². The van der Waals surface area contributed by atoms with Crippen molar-refractivity contribution in [2.24, 2.45) is 0 Å². The zero-order valence-corrected chi connectivity index (χ0v) is 15.4. The first-order valence-electron chi connectivity index (χ1n) is 7.34. The quantitative estimate of drug-likeness (QED) is 0.574. The van der Waals surface area contributed by atoms with Gasteiger partial charge < -0.3 is 4.42 Å². The molecule has 0 bridgehead atoms. The SMILES string of the molecule is Cc1ccc(C)c(CSCc2nnc(-c3ccccc3Br)o2)c1. The third-order valence-electron chi connectivity index (χ3n) is 3.56. The number of nitrogens with zero attached hydrogens (tertiary/aromatic N) is 2. The van der Waals surface area contributed by atoms with E-state index in [1.54, 1.807) is 11.8 Å². The molecule has 0 spiro atoms. The molecular weight excluding hydrogens is 372 g/mol. The molecule has 0 amide bonds. The number of aryl methyl sites for hydroxylation is 2. The molecule has 23 heavy (non-hydrogen) atoms. The second kappa shape index (κ2) is 7.32. The summed E-state index contributed by atoms with van der Waals surface area (Å²) in [6, 6.07) is 14.4. The molecule has 3 aromatic rings. The largest absolute Gasteiger partial charge is 0.420 e. The van der Waals surface area contributed by atoms with Crippen molar-refractivity contribution in [1.82, 2.24) is 10.2 Å². The van der Waals surface area contributed by atoms with Gasteiger partial charge in [-0.25, -0.2) is 0 Å². The Morgan fingerprint density at radius 3 is 2.70 bits per heavy atom. The number of hydrogen-bond acceptors (Lipinski definition) is 4. The Morgan fingerprint density at radius 1 is 1.04 bits per heavy atom. The number of hydrogen-bond donors (Lipinski definition) is 0. The molecule has 0 fully saturated rings. The minimum Gasteiger partial charge on any atom is -0.420 e. The monoisotopic (exact) mass is 388 g/mol. The van der Waals surface area contributed by atoms with Crippen LogP contribution in [0.2, 0.25) is 0 Å². The van der Waals surface area contributed by atoms with Crippen LogP contribution in [0, 0.1) is 13.8 Å². The summed E-state index contributed by atoms with van der Waals surface area (Å²) < 4.78 is 6.73. The molecule has 0 unspecified atom stereocenters. The Morgan fingerprint density at radius 2 is 1.87 bits per heavy atom. The zero-order chi connectivity index (χ0) is 16.2. The second-order valence-corrected chi connectivity index (χ2v) is 7.24. The van der Waals surface area contributed by atoms with Crippen LogP contribution >= 0.6 is 27.7 Å². The van der Waals surface area contributed by atoms with Crippen molar-refractivity contribution >= 4 is 27.7 Å². The van der Waals surface area contributed by atoms with Crippen LogP contribution < -0.4 is 0 Å². The molecule has 3 nitrogen and oxygen atoms in total. The number of thioether (sulfide) groups is 1. The summed E-state index contributed by atoms with van der Waals surface area (Å²) in [5.74, 6) is 2.87. The van der Waals surface area contributed by atoms with Crippen LogP contribution in [0.4, 0.5) is 0 Å². The minimum absolute atomic E-state index is 0.555. The van der Waals surface area contributed by atoms with Crippen molar-refractivity contribution in [3.05, 3.63) is 69.5 Å². The van der Waals surface area contributed by atoms with Crippen molar-refractivity contribution in [1.29, 1.82) is 0 Å². The lowest BCUT2D eigenvalue weighted by atomic mass is 10.1. The maximum absolute atomic E-state index is 5.77. The Balaban J connectivity index is 1.64. The predicted octanol–water partition coefficient (Wildman–Crippen LogP) is 5.55. The highest BCUT2D eigenvalue weighted by Crippen LogP contribution is 2.28. The lowest BCUT2D eigenvalue weighted by Crippen LogP contribution is -1.89. The average molecular weight is 389 g/mol. The molecule has 0 aliphatic heterocycles. The summed E-state index contributed by atoms with van der Waals surface area (Å²) in [5, 5.41) is 8.29. The highest BCUT2D eigenvalue weighted by atomic mass is 79.9. The summed E-state index contributed by atoms with van der Waals surface area (Å²) in [4.78, 5) is 0. The van der Waals surface area contributed by atoms with Crippen LogP contribution in [-0.4, -0.2) is 10.2 Å². The lowest BCUT2D eigenvalue weighted by Gasteiger charge is -2.05. The third-order valence-corrected chi connectivity index (χ3v) is 5.22. The van der Waals surface area contributed by atoms with E-state index in [9.17, 15) is 0 Å². The van der Waals surface area contributed by atoms with E-state index in [4.69, 9.17) is 4.42 Å². The zero-order valence-electron chi connectivity index (χ0n) is 13.0. The molecule has 2 aromatic carbocycles. The van der Waals surface area contributed by atoms with Gasteiger partial charge in [-0.3, -0.25) is 0 Å². The fourth-order valence-corrected chi connectivity index (χ4v) is 3.64. The van der Waals surface area contributed by atoms with Gasteiger partial charge in [-0.05, 0) is 53.0 Å². The van der Waals surface area contributed by atoms with Crippen molar-refractivity contribution in [3.63, 3.8) is 0 Å². The fraction of sp³-hybridized carbons (Fsp3) is 0.222. The first-order chi connectivity index (χ1) is 11.1. The molecule has 0 aliphatic carbocycles. The normalized spacial score (nSPS) is 10.9. The molecule has 0 saturated carbocycles. The molecule has 3 rings (SSSR count). The first-order valence-corrected chi connectivity index (χ1v) is 9.29. The van der Waals surface area contributed by atoms with Crippen LogP contribution in [0.5, 0.6) is 0 Å². The van der Waals surface area contributed by atoms with Crippen molar-refractivity contribution in [2.75, 3.05) is 0 Å². The molecule has 0 N–H and O–H groups in total. The van der Waals surface area contributed by atoms with Gasteiger partial charge in [-0.15, -0.1) is 22.0 Å². The molecule has 0 atom stereocenters. The van der Waals surface area contributed by atoms with Gasteiger partial charge >= 0.3 is 0 Å². The summed E-state index contributed by atoms with van der Waals surface area (Å²) in [6.45, 7) is 4.27. The number of halogens is 1. The minimum atomic E-state index is 0.555. The summed E-state index contributed by atoms with van der Waals surface area (Å²) in [6.07, 6.45) is 0. The molecule has 5 heteroatoms. The van der Waals surface area contributed by atoms with E-state index in [0.29, 0.717) is 17.5 Å². The highest BCUT2D eigenvalue weighted by Gasteiger charge is 2.11. The summed E-state index contributed by atoms with van der Waals surface area (Å²) in [5.41, 5.74) is 4.90. The van der Waals surface area contributed by atoms with Crippen LogP contribution in [0.15, 0.2) is 51.4 Å². The molecule has 0 radical (unpaired) electrons. The highest BCUT2D eigenvalue weighted by molar-refractivity contribution is 9.10. The van der Waals surface area contributed by atoms with Crippen LogP contribution in [-0.2, 0) is 11.5 Å². The van der Waals surface area contributed by atoms with Gasteiger partial charge in [0.2, 0.25) is 11.8 Å². The van der Waals surface area contributed by atoms with Gasteiger partial charge in [-0.2, -0.15) is 0 Å². The standard InChI is InChI=1S/C18H17BrN2OS/c1-12-7-8-13(2)14(9-12)10-23-11-17-20-21-18(22-17)15-5-3-4-6-16(15)19/h3-9H,10-11H2,1-2H3. The van der Waals surface area contributed by atoms with E-state index in [1.807, 2.05) is 24.3 Å². The molecule has 118 valence electrons. The predicted molar refractivity (Wildman–Crippen MR) is 98.3 cm³/mol.